The van der Waals surface area contributed by atoms with Gasteiger partial charge in [-0.05, 0) is 36.8 Å². The summed E-state index contributed by atoms with van der Waals surface area (Å²) >= 11 is 5.98. The van der Waals surface area contributed by atoms with E-state index in [1.54, 1.807) is 6.20 Å². The van der Waals surface area contributed by atoms with Crippen LogP contribution in [0.1, 0.15) is 36.4 Å². The van der Waals surface area contributed by atoms with Crippen LogP contribution < -0.4 is 0 Å². The lowest BCUT2D eigenvalue weighted by molar-refractivity contribution is 0.133. The van der Waals surface area contributed by atoms with Crippen molar-refractivity contribution in [2.24, 2.45) is 0 Å². The summed E-state index contributed by atoms with van der Waals surface area (Å²) in [6.45, 7) is 0.844. The molecule has 20 heavy (non-hydrogen) atoms. The smallest absolute Gasteiger partial charge is 0.0936 e. The Morgan fingerprint density at radius 1 is 1.25 bits per heavy atom. The fourth-order valence-corrected chi connectivity index (χ4v) is 3.49. The molecule has 3 nitrogen and oxygen atoms in total. The van der Waals surface area contributed by atoms with Crippen molar-refractivity contribution in [1.82, 2.24) is 14.7 Å². The number of hydrogen-bond donors (Lipinski definition) is 0. The monoisotopic (exact) mass is 287 g/mol. The van der Waals surface area contributed by atoms with Gasteiger partial charge in [0.1, 0.15) is 0 Å². The highest BCUT2D eigenvalue weighted by Crippen LogP contribution is 2.41. The molecular weight excluding hydrogens is 270 g/mol. The normalized spacial score (nSPS) is 21.4. The van der Waals surface area contributed by atoms with E-state index in [4.69, 9.17) is 11.6 Å². The first-order valence-corrected chi connectivity index (χ1v) is 7.70. The highest BCUT2D eigenvalue weighted by Gasteiger charge is 2.37. The van der Waals surface area contributed by atoms with Crippen molar-refractivity contribution in [3.63, 3.8) is 0 Å². The molecule has 0 aliphatic heterocycles. The lowest BCUT2D eigenvalue weighted by Gasteiger charge is -2.29. The van der Waals surface area contributed by atoms with Gasteiger partial charge in [-0.3, -0.25) is 9.58 Å². The zero-order valence-electron chi connectivity index (χ0n) is 11.4. The van der Waals surface area contributed by atoms with E-state index in [-0.39, 0.29) is 0 Å². The van der Waals surface area contributed by atoms with Gasteiger partial charge in [0.25, 0.3) is 0 Å². The molecule has 4 heteroatoms. The van der Waals surface area contributed by atoms with Crippen LogP contribution in [0.3, 0.4) is 0 Å². The summed E-state index contributed by atoms with van der Waals surface area (Å²) in [5.74, 6) is 0. The van der Waals surface area contributed by atoms with Gasteiger partial charge in [-0.2, -0.15) is 5.10 Å². The van der Waals surface area contributed by atoms with Crippen LogP contribution in [-0.4, -0.2) is 20.7 Å². The summed E-state index contributed by atoms with van der Waals surface area (Å²) in [6, 6.07) is 10.1. The molecule has 1 aromatic carbocycles. The molecule has 1 saturated carbocycles. The van der Waals surface area contributed by atoms with Crippen LogP contribution >= 0.6 is 11.6 Å². The van der Waals surface area contributed by atoms with Gasteiger partial charge in [-0.25, -0.2) is 0 Å². The molecule has 104 valence electrons. The van der Waals surface area contributed by atoms with Gasteiger partial charge in [0, 0.05) is 18.3 Å². The van der Waals surface area contributed by atoms with E-state index >= 15 is 0 Å². The van der Waals surface area contributed by atoms with E-state index < -0.39 is 0 Å². The van der Waals surface area contributed by atoms with E-state index in [0.29, 0.717) is 17.1 Å². The minimum atomic E-state index is 0.543. The van der Waals surface area contributed by atoms with Crippen molar-refractivity contribution in [1.29, 1.82) is 0 Å². The molecule has 1 unspecified atom stereocenters. The molecule has 4 rings (SSSR count). The third-order valence-electron chi connectivity index (χ3n) is 4.43. The van der Waals surface area contributed by atoms with Crippen LogP contribution in [0.5, 0.6) is 0 Å². The minimum Gasteiger partial charge on any atom is -0.274 e. The van der Waals surface area contributed by atoms with E-state index in [9.17, 15) is 0 Å². The molecular formula is C16H18ClN3. The molecule has 2 aliphatic rings. The molecule has 0 radical (unpaired) electrons. The van der Waals surface area contributed by atoms with Crippen molar-refractivity contribution < 1.29 is 0 Å². The number of nitrogens with zero attached hydrogens (tertiary/aromatic N) is 3. The maximum atomic E-state index is 5.98. The second-order valence-corrected chi connectivity index (χ2v) is 6.27. The summed E-state index contributed by atoms with van der Waals surface area (Å²) in [4.78, 5) is 2.61. The Kier molecular flexibility index (Phi) is 3.04. The second-order valence-electron chi connectivity index (χ2n) is 5.84. The first-order valence-electron chi connectivity index (χ1n) is 7.33. The predicted octanol–water partition coefficient (Wildman–Crippen LogP) is 3.65. The van der Waals surface area contributed by atoms with Crippen molar-refractivity contribution in [2.75, 3.05) is 0 Å². The molecule has 0 bridgehead atoms. The molecule has 0 saturated heterocycles. The summed E-state index contributed by atoms with van der Waals surface area (Å²) in [6.07, 6.45) is 8.68. The standard InChI is InChI=1S/C16H18ClN3/c17-13-9-18-19(10-13)11-20(14-6-7-14)16-8-5-12-3-1-2-4-15(12)16/h1-4,9-10,14,16H,5-8,11H2. The highest BCUT2D eigenvalue weighted by molar-refractivity contribution is 6.30. The van der Waals surface area contributed by atoms with E-state index in [0.717, 1.165) is 6.67 Å². The SMILES string of the molecule is Clc1cnn(CN(C2CC2)C2CCc3ccccc32)c1. The number of hydrogen-bond acceptors (Lipinski definition) is 2. The number of rotatable bonds is 4. The zero-order chi connectivity index (χ0) is 13.5. The number of fused-ring (bicyclic) bond motifs is 1. The maximum absolute atomic E-state index is 5.98. The Bertz CT molecular complexity index is 618. The third-order valence-corrected chi connectivity index (χ3v) is 4.62. The molecule has 2 aromatic rings. The molecule has 2 aliphatic carbocycles. The summed E-state index contributed by atoms with van der Waals surface area (Å²) < 4.78 is 1.96. The first-order chi connectivity index (χ1) is 9.81. The molecule has 0 N–H and O–H groups in total. The van der Waals surface area contributed by atoms with Crippen LogP contribution in [0.4, 0.5) is 0 Å². The summed E-state index contributed by atoms with van der Waals surface area (Å²) in [5, 5.41) is 5.05. The average molecular weight is 288 g/mol. The van der Waals surface area contributed by atoms with Crippen molar-refractivity contribution >= 4 is 11.6 Å². The topological polar surface area (TPSA) is 21.1 Å². The molecule has 1 atom stereocenters. The predicted molar refractivity (Wildman–Crippen MR) is 79.6 cm³/mol. The number of halogens is 1. The fourth-order valence-electron chi connectivity index (χ4n) is 3.34. The highest BCUT2D eigenvalue weighted by atomic mass is 35.5. The molecule has 1 heterocycles. The van der Waals surface area contributed by atoms with Gasteiger partial charge < -0.3 is 0 Å². The number of benzene rings is 1. The van der Waals surface area contributed by atoms with Crippen molar-refractivity contribution in [3.05, 3.63) is 52.8 Å². The Balaban J connectivity index is 1.61. The van der Waals surface area contributed by atoms with Crippen LogP contribution in [0, 0.1) is 0 Å². The number of aromatic nitrogens is 2. The quantitative estimate of drug-likeness (QED) is 0.856. The van der Waals surface area contributed by atoms with Crippen LogP contribution in [0.25, 0.3) is 0 Å². The van der Waals surface area contributed by atoms with Gasteiger partial charge in [0.05, 0.1) is 17.9 Å². The number of aryl methyl sites for hydroxylation is 1. The van der Waals surface area contributed by atoms with Gasteiger partial charge in [0.2, 0.25) is 0 Å². The van der Waals surface area contributed by atoms with Crippen LogP contribution in [0.15, 0.2) is 36.7 Å². The van der Waals surface area contributed by atoms with Crippen LogP contribution in [-0.2, 0) is 13.1 Å². The Hall–Kier alpha value is -1.32. The summed E-state index contributed by atoms with van der Waals surface area (Å²) in [5.41, 5.74) is 3.03. The summed E-state index contributed by atoms with van der Waals surface area (Å²) in [7, 11) is 0. The Morgan fingerprint density at radius 3 is 2.85 bits per heavy atom. The third kappa shape index (κ3) is 2.25. The average Bonchev–Trinajstić information content (AvgIpc) is 3.09. The molecule has 1 fully saturated rings. The zero-order valence-corrected chi connectivity index (χ0v) is 12.1. The van der Waals surface area contributed by atoms with Gasteiger partial charge in [0.15, 0.2) is 0 Å². The van der Waals surface area contributed by atoms with Gasteiger partial charge in [-0.1, -0.05) is 35.9 Å². The van der Waals surface area contributed by atoms with Gasteiger partial charge >= 0.3 is 0 Å². The van der Waals surface area contributed by atoms with E-state index in [2.05, 4.69) is 34.3 Å². The molecule has 0 amide bonds. The maximum Gasteiger partial charge on any atom is 0.0936 e. The Labute approximate surface area is 124 Å². The largest absolute Gasteiger partial charge is 0.274 e. The van der Waals surface area contributed by atoms with E-state index in [1.807, 2.05) is 10.9 Å². The van der Waals surface area contributed by atoms with Crippen LogP contribution in [0.2, 0.25) is 5.02 Å². The molecule has 0 spiro atoms. The van der Waals surface area contributed by atoms with Gasteiger partial charge in [-0.15, -0.1) is 0 Å². The van der Waals surface area contributed by atoms with Crippen molar-refractivity contribution in [2.45, 2.75) is 44.4 Å². The van der Waals surface area contributed by atoms with Crippen molar-refractivity contribution in [3.8, 4) is 0 Å². The lowest BCUT2D eigenvalue weighted by Crippen LogP contribution is -2.32. The molecule has 1 aromatic heterocycles. The first kappa shape index (κ1) is 12.4. The lowest BCUT2D eigenvalue weighted by atomic mass is 10.1. The fraction of sp³-hybridized carbons (Fsp3) is 0.438. The Morgan fingerprint density at radius 2 is 2.10 bits per heavy atom. The van der Waals surface area contributed by atoms with E-state index in [1.165, 1.54) is 36.8 Å². The second kappa shape index (κ2) is 4.90. The minimum absolute atomic E-state index is 0.543.